The summed E-state index contributed by atoms with van der Waals surface area (Å²) in [5.41, 5.74) is 0.968. The summed E-state index contributed by atoms with van der Waals surface area (Å²) < 4.78 is 31.7. The van der Waals surface area contributed by atoms with Crippen LogP contribution in [0, 0.1) is 17.6 Å². The Kier molecular flexibility index (Phi) is 5.69. The van der Waals surface area contributed by atoms with Gasteiger partial charge in [0.1, 0.15) is 17.4 Å². The first-order chi connectivity index (χ1) is 13.0. The maximum absolute atomic E-state index is 13.7. The minimum Gasteiger partial charge on any atom is -0.497 e. The van der Waals surface area contributed by atoms with Crippen LogP contribution in [0.1, 0.15) is 12.0 Å². The highest BCUT2D eigenvalue weighted by molar-refractivity contribution is 5.97. The van der Waals surface area contributed by atoms with Crippen molar-refractivity contribution in [3.8, 4) is 5.75 Å². The van der Waals surface area contributed by atoms with E-state index in [2.05, 4.69) is 5.32 Å². The van der Waals surface area contributed by atoms with Crippen molar-refractivity contribution >= 4 is 17.5 Å². The Morgan fingerprint density at radius 3 is 2.63 bits per heavy atom. The van der Waals surface area contributed by atoms with Gasteiger partial charge in [0.15, 0.2) is 0 Å². The van der Waals surface area contributed by atoms with Gasteiger partial charge in [-0.05, 0) is 36.2 Å². The molecule has 1 unspecified atom stereocenters. The van der Waals surface area contributed by atoms with Crippen LogP contribution in [-0.2, 0) is 16.0 Å². The van der Waals surface area contributed by atoms with E-state index in [-0.39, 0.29) is 24.6 Å². The third kappa shape index (κ3) is 4.61. The third-order valence-electron chi connectivity index (χ3n) is 4.60. The van der Waals surface area contributed by atoms with Gasteiger partial charge in [0.25, 0.3) is 0 Å². The predicted octanol–water partition coefficient (Wildman–Crippen LogP) is 3.00. The van der Waals surface area contributed by atoms with Gasteiger partial charge in [-0.2, -0.15) is 0 Å². The Morgan fingerprint density at radius 2 is 1.96 bits per heavy atom. The summed E-state index contributed by atoms with van der Waals surface area (Å²) >= 11 is 0. The Hall–Kier alpha value is -2.96. The molecule has 3 rings (SSSR count). The standard InChI is InChI=1S/C20H20F2N2O3/c1-27-16-5-2-13(3-6-16)8-9-24-12-14(10-19(24)25)20(26)23-18-7-4-15(21)11-17(18)22/h2-7,11,14H,8-10,12H2,1H3,(H,23,26). The highest BCUT2D eigenvalue weighted by atomic mass is 19.1. The maximum atomic E-state index is 13.7. The summed E-state index contributed by atoms with van der Waals surface area (Å²) in [4.78, 5) is 26.1. The molecule has 0 aliphatic carbocycles. The molecule has 2 amide bonds. The van der Waals surface area contributed by atoms with Gasteiger partial charge >= 0.3 is 0 Å². The van der Waals surface area contributed by atoms with Crippen LogP contribution in [0.25, 0.3) is 0 Å². The molecule has 1 atom stereocenters. The number of nitrogens with zero attached hydrogens (tertiary/aromatic N) is 1. The molecule has 1 N–H and O–H groups in total. The van der Waals surface area contributed by atoms with E-state index in [1.807, 2.05) is 24.3 Å². The first-order valence-corrected chi connectivity index (χ1v) is 8.63. The number of hydrogen-bond donors (Lipinski definition) is 1. The number of carbonyl (C=O) groups excluding carboxylic acids is 2. The second kappa shape index (κ2) is 8.16. The molecule has 0 aromatic heterocycles. The van der Waals surface area contributed by atoms with E-state index in [1.54, 1.807) is 12.0 Å². The van der Waals surface area contributed by atoms with Crippen molar-refractivity contribution in [2.24, 2.45) is 5.92 Å². The van der Waals surface area contributed by atoms with E-state index in [9.17, 15) is 18.4 Å². The lowest BCUT2D eigenvalue weighted by Crippen LogP contribution is -2.30. The summed E-state index contributed by atoms with van der Waals surface area (Å²) in [6, 6.07) is 10.5. The number of methoxy groups -OCH3 is 1. The highest BCUT2D eigenvalue weighted by Gasteiger charge is 2.34. The summed E-state index contributed by atoms with van der Waals surface area (Å²) in [6.45, 7) is 0.781. The second-order valence-corrected chi connectivity index (χ2v) is 6.45. The van der Waals surface area contributed by atoms with Crippen molar-refractivity contribution in [1.82, 2.24) is 4.90 Å². The van der Waals surface area contributed by atoms with Gasteiger partial charge in [0.2, 0.25) is 11.8 Å². The van der Waals surface area contributed by atoms with Gasteiger partial charge in [-0.15, -0.1) is 0 Å². The minimum absolute atomic E-state index is 0.0806. The number of anilines is 1. The van der Waals surface area contributed by atoms with Gasteiger partial charge in [-0.3, -0.25) is 9.59 Å². The average Bonchev–Trinajstić information content (AvgIpc) is 3.03. The Bertz CT molecular complexity index is 840. The number of carbonyl (C=O) groups is 2. The van der Waals surface area contributed by atoms with Crippen LogP contribution in [0.5, 0.6) is 5.75 Å². The molecule has 0 saturated carbocycles. The molecule has 1 heterocycles. The van der Waals surface area contributed by atoms with Gasteiger partial charge in [0, 0.05) is 25.6 Å². The van der Waals surface area contributed by atoms with Gasteiger partial charge in [-0.25, -0.2) is 8.78 Å². The van der Waals surface area contributed by atoms with E-state index in [0.717, 1.165) is 17.4 Å². The summed E-state index contributed by atoms with van der Waals surface area (Å²) in [5.74, 6) is -1.90. The van der Waals surface area contributed by atoms with Crippen molar-refractivity contribution in [2.45, 2.75) is 12.8 Å². The number of ether oxygens (including phenoxy) is 1. The Balaban J connectivity index is 1.55. The van der Waals surface area contributed by atoms with Crippen molar-refractivity contribution < 1.29 is 23.1 Å². The van der Waals surface area contributed by atoms with Crippen LogP contribution < -0.4 is 10.1 Å². The number of benzene rings is 2. The topological polar surface area (TPSA) is 58.6 Å². The Morgan fingerprint density at radius 1 is 1.22 bits per heavy atom. The Labute approximate surface area is 155 Å². The first kappa shape index (κ1) is 18.8. The molecule has 0 bridgehead atoms. The van der Waals surface area contributed by atoms with E-state index in [1.165, 1.54) is 6.07 Å². The van der Waals surface area contributed by atoms with Crippen LogP contribution in [0.15, 0.2) is 42.5 Å². The first-order valence-electron chi connectivity index (χ1n) is 8.63. The number of halogens is 2. The molecule has 1 aliphatic rings. The summed E-state index contributed by atoms with van der Waals surface area (Å²) in [7, 11) is 1.60. The van der Waals surface area contributed by atoms with E-state index < -0.39 is 23.5 Å². The number of rotatable bonds is 6. The van der Waals surface area contributed by atoms with Gasteiger partial charge < -0.3 is 15.0 Å². The lowest BCUT2D eigenvalue weighted by Gasteiger charge is -2.17. The minimum atomic E-state index is -0.843. The molecule has 0 radical (unpaired) electrons. The molecule has 1 fully saturated rings. The largest absolute Gasteiger partial charge is 0.497 e. The van der Waals surface area contributed by atoms with E-state index in [0.29, 0.717) is 19.0 Å². The number of amides is 2. The predicted molar refractivity (Wildman–Crippen MR) is 96.4 cm³/mol. The quantitative estimate of drug-likeness (QED) is 0.846. The van der Waals surface area contributed by atoms with Crippen LogP contribution in [0.4, 0.5) is 14.5 Å². The average molecular weight is 374 g/mol. The summed E-state index contributed by atoms with van der Waals surface area (Å²) in [5, 5.41) is 2.43. The van der Waals surface area contributed by atoms with Crippen molar-refractivity contribution in [3.05, 3.63) is 59.7 Å². The second-order valence-electron chi connectivity index (χ2n) is 6.45. The number of nitrogens with one attached hydrogen (secondary N) is 1. The molecule has 1 saturated heterocycles. The zero-order chi connectivity index (χ0) is 19.4. The lowest BCUT2D eigenvalue weighted by molar-refractivity contribution is -0.128. The van der Waals surface area contributed by atoms with Crippen molar-refractivity contribution in [1.29, 1.82) is 0 Å². The van der Waals surface area contributed by atoms with Crippen molar-refractivity contribution in [3.63, 3.8) is 0 Å². The zero-order valence-corrected chi connectivity index (χ0v) is 14.9. The van der Waals surface area contributed by atoms with Crippen molar-refractivity contribution in [2.75, 3.05) is 25.5 Å². The molecule has 0 spiro atoms. The fourth-order valence-electron chi connectivity index (χ4n) is 3.05. The molecular formula is C20H20F2N2O3. The molecule has 27 heavy (non-hydrogen) atoms. The van der Waals surface area contributed by atoms with Crippen LogP contribution in [-0.4, -0.2) is 36.9 Å². The zero-order valence-electron chi connectivity index (χ0n) is 14.9. The van der Waals surface area contributed by atoms with Crippen LogP contribution >= 0.6 is 0 Å². The normalized spacial score (nSPS) is 16.5. The number of hydrogen-bond acceptors (Lipinski definition) is 3. The molecule has 142 valence electrons. The highest BCUT2D eigenvalue weighted by Crippen LogP contribution is 2.22. The molecule has 1 aliphatic heterocycles. The monoisotopic (exact) mass is 374 g/mol. The lowest BCUT2D eigenvalue weighted by atomic mass is 10.1. The van der Waals surface area contributed by atoms with Gasteiger partial charge in [-0.1, -0.05) is 12.1 Å². The SMILES string of the molecule is COc1ccc(CCN2CC(C(=O)Nc3ccc(F)cc3F)CC2=O)cc1. The van der Waals surface area contributed by atoms with Crippen LogP contribution in [0.2, 0.25) is 0 Å². The summed E-state index contributed by atoms with van der Waals surface area (Å²) in [6.07, 6.45) is 0.744. The van der Waals surface area contributed by atoms with E-state index >= 15 is 0 Å². The third-order valence-corrected chi connectivity index (χ3v) is 4.60. The van der Waals surface area contributed by atoms with Crippen LogP contribution in [0.3, 0.4) is 0 Å². The molecule has 5 nitrogen and oxygen atoms in total. The smallest absolute Gasteiger partial charge is 0.229 e. The fraction of sp³-hybridized carbons (Fsp3) is 0.300. The van der Waals surface area contributed by atoms with E-state index in [4.69, 9.17) is 4.74 Å². The molecule has 7 heteroatoms. The molecular weight excluding hydrogens is 354 g/mol. The molecule has 2 aromatic carbocycles. The van der Waals surface area contributed by atoms with Gasteiger partial charge in [0.05, 0.1) is 18.7 Å². The number of likely N-dealkylation sites (tertiary alicyclic amines) is 1. The molecule has 2 aromatic rings. The fourth-order valence-corrected chi connectivity index (χ4v) is 3.05. The maximum Gasteiger partial charge on any atom is 0.229 e.